The number of hydrogen-bond acceptors (Lipinski definition) is 3. The Balaban J connectivity index is 2.22. The van der Waals surface area contributed by atoms with Crippen molar-refractivity contribution in [1.82, 2.24) is 0 Å². The highest BCUT2D eigenvalue weighted by atomic mass is 32.2. The van der Waals surface area contributed by atoms with Crippen LogP contribution >= 0.6 is 0 Å². The van der Waals surface area contributed by atoms with Crippen LogP contribution in [0.5, 0.6) is 0 Å². The molecule has 0 heterocycles. The van der Waals surface area contributed by atoms with Gasteiger partial charge in [0.25, 0.3) is 0 Å². The van der Waals surface area contributed by atoms with E-state index in [1.54, 1.807) is 24.3 Å². The molecule has 0 aliphatic rings. The van der Waals surface area contributed by atoms with Crippen molar-refractivity contribution >= 4 is 9.84 Å². The van der Waals surface area contributed by atoms with Crippen molar-refractivity contribution in [1.29, 1.82) is 0 Å². The van der Waals surface area contributed by atoms with E-state index in [1.807, 2.05) is 6.07 Å². The van der Waals surface area contributed by atoms with Crippen LogP contribution < -0.4 is 5.73 Å². The molecular formula is C15H16FNO2S. The maximum absolute atomic E-state index is 13.2. The van der Waals surface area contributed by atoms with E-state index in [0.29, 0.717) is 11.1 Å². The second-order valence-electron chi connectivity index (χ2n) is 4.64. The maximum Gasteiger partial charge on any atom is 0.158 e. The number of hydrogen-bond donors (Lipinski definition) is 1. The van der Waals surface area contributed by atoms with E-state index in [9.17, 15) is 12.8 Å². The molecule has 106 valence electrons. The predicted octanol–water partition coefficient (Wildman–Crippen LogP) is 2.40. The van der Waals surface area contributed by atoms with Gasteiger partial charge in [-0.1, -0.05) is 36.4 Å². The highest BCUT2D eigenvalue weighted by molar-refractivity contribution is 7.89. The molecule has 2 rings (SSSR count). The van der Waals surface area contributed by atoms with Gasteiger partial charge < -0.3 is 5.73 Å². The fourth-order valence-electron chi connectivity index (χ4n) is 2.04. The highest BCUT2D eigenvalue weighted by Crippen LogP contribution is 2.17. The first-order chi connectivity index (χ1) is 9.50. The van der Waals surface area contributed by atoms with Crippen LogP contribution in [0.1, 0.15) is 16.7 Å². The molecule has 0 amide bonds. The second-order valence-corrected chi connectivity index (χ2v) is 6.70. The normalized spacial score (nSPS) is 11.5. The Morgan fingerprint density at radius 1 is 0.950 bits per heavy atom. The average molecular weight is 293 g/mol. The minimum absolute atomic E-state index is 0.0611. The van der Waals surface area contributed by atoms with E-state index >= 15 is 0 Å². The summed E-state index contributed by atoms with van der Waals surface area (Å²) < 4.78 is 37.6. The summed E-state index contributed by atoms with van der Waals surface area (Å²) in [6, 6.07) is 13.0. The predicted molar refractivity (Wildman–Crippen MR) is 77.1 cm³/mol. The summed E-state index contributed by atoms with van der Waals surface area (Å²) in [6.07, 6.45) is 0. The van der Waals surface area contributed by atoms with Crippen LogP contribution in [-0.4, -0.2) is 8.42 Å². The molecule has 0 radical (unpaired) electrons. The molecule has 0 aliphatic heterocycles. The summed E-state index contributed by atoms with van der Waals surface area (Å²) in [7, 11) is -3.36. The Morgan fingerprint density at radius 2 is 1.65 bits per heavy atom. The van der Waals surface area contributed by atoms with Crippen LogP contribution in [-0.2, 0) is 27.9 Å². The molecule has 0 aliphatic carbocycles. The smallest absolute Gasteiger partial charge is 0.158 e. The molecule has 2 aromatic rings. The lowest BCUT2D eigenvalue weighted by Gasteiger charge is -2.09. The lowest BCUT2D eigenvalue weighted by molar-refractivity contribution is 0.593. The monoisotopic (exact) mass is 293 g/mol. The van der Waals surface area contributed by atoms with Gasteiger partial charge in [-0.3, -0.25) is 0 Å². The van der Waals surface area contributed by atoms with Crippen LogP contribution in [0.15, 0.2) is 48.5 Å². The molecule has 0 bridgehead atoms. The zero-order valence-corrected chi connectivity index (χ0v) is 11.7. The zero-order valence-electron chi connectivity index (χ0n) is 10.9. The summed E-state index contributed by atoms with van der Waals surface area (Å²) in [4.78, 5) is 0. The lowest BCUT2D eigenvalue weighted by Crippen LogP contribution is -2.11. The third-order valence-electron chi connectivity index (χ3n) is 2.99. The molecule has 0 fully saturated rings. The summed E-state index contributed by atoms with van der Waals surface area (Å²) >= 11 is 0. The van der Waals surface area contributed by atoms with E-state index in [4.69, 9.17) is 5.73 Å². The number of nitrogens with two attached hydrogens (primary N) is 1. The van der Waals surface area contributed by atoms with Gasteiger partial charge >= 0.3 is 0 Å². The topological polar surface area (TPSA) is 60.2 Å². The van der Waals surface area contributed by atoms with Gasteiger partial charge in [0.05, 0.1) is 11.5 Å². The van der Waals surface area contributed by atoms with Crippen molar-refractivity contribution in [3.63, 3.8) is 0 Å². The summed E-state index contributed by atoms with van der Waals surface area (Å²) in [5.41, 5.74) is 7.36. The van der Waals surface area contributed by atoms with Crippen molar-refractivity contribution in [3.8, 4) is 0 Å². The van der Waals surface area contributed by atoms with Crippen LogP contribution in [0.2, 0.25) is 0 Å². The molecule has 3 nitrogen and oxygen atoms in total. The van der Waals surface area contributed by atoms with E-state index in [1.165, 1.54) is 18.2 Å². The minimum atomic E-state index is -3.36. The standard InChI is InChI=1S/C15H16FNO2S/c16-15-7-6-13(9-17)14(8-15)11-20(18,19)10-12-4-2-1-3-5-12/h1-8H,9-11,17H2. The Hall–Kier alpha value is -1.72. The van der Waals surface area contributed by atoms with Crippen LogP contribution in [0.4, 0.5) is 4.39 Å². The maximum atomic E-state index is 13.2. The Labute approximate surface area is 118 Å². The Morgan fingerprint density at radius 3 is 2.30 bits per heavy atom. The van der Waals surface area contributed by atoms with E-state index < -0.39 is 15.7 Å². The third kappa shape index (κ3) is 3.88. The highest BCUT2D eigenvalue weighted by Gasteiger charge is 2.15. The van der Waals surface area contributed by atoms with Crippen molar-refractivity contribution in [2.75, 3.05) is 0 Å². The first-order valence-corrected chi connectivity index (χ1v) is 8.04. The largest absolute Gasteiger partial charge is 0.326 e. The molecule has 2 N–H and O–H groups in total. The second kappa shape index (κ2) is 6.15. The van der Waals surface area contributed by atoms with Crippen LogP contribution in [0, 0.1) is 5.82 Å². The molecule has 0 unspecified atom stereocenters. The number of rotatable bonds is 5. The lowest BCUT2D eigenvalue weighted by atomic mass is 10.1. The van der Waals surface area contributed by atoms with E-state index in [-0.39, 0.29) is 18.1 Å². The molecule has 0 atom stereocenters. The fourth-order valence-corrected chi connectivity index (χ4v) is 3.59. The summed E-state index contributed by atoms with van der Waals surface area (Å²) in [5, 5.41) is 0. The van der Waals surface area contributed by atoms with Crippen molar-refractivity contribution in [2.45, 2.75) is 18.1 Å². The van der Waals surface area contributed by atoms with Crippen molar-refractivity contribution in [2.24, 2.45) is 5.73 Å². The quantitative estimate of drug-likeness (QED) is 0.921. The van der Waals surface area contributed by atoms with Gasteiger partial charge in [-0.05, 0) is 28.8 Å². The van der Waals surface area contributed by atoms with Crippen molar-refractivity contribution in [3.05, 3.63) is 71.0 Å². The van der Waals surface area contributed by atoms with Crippen LogP contribution in [0.3, 0.4) is 0 Å². The van der Waals surface area contributed by atoms with E-state index in [0.717, 1.165) is 5.56 Å². The minimum Gasteiger partial charge on any atom is -0.326 e. The molecule has 5 heteroatoms. The summed E-state index contributed by atoms with van der Waals surface area (Å²) in [6.45, 7) is 0.191. The van der Waals surface area contributed by atoms with Gasteiger partial charge in [-0.25, -0.2) is 12.8 Å². The van der Waals surface area contributed by atoms with Gasteiger partial charge in [0.1, 0.15) is 5.82 Å². The number of sulfone groups is 1. The fraction of sp³-hybridized carbons (Fsp3) is 0.200. The first kappa shape index (κ1) is 14.7. The Kier molecular flexibility index (Phi) is 4.52. The molecule has 0 aromatic heterocycles. The molecule has 2 aromatic carbocycles. The van der Waals surface area contributed by atoms with Gasteiger partial charge in [0.15, 0.2) is 9.84 Å². The number of benzene rings is 2. The van der Waals surface area contributed by atoms with Gasteiger partial charge in [-0.2, -0.15) is 0 Å². The first-order valence-electron chi connectivity index (χ1n) is 6.22. The SMILES string of the molecule is NCc1ccc(F)cc1CS(=O)(=O)Cc1ccccc1. The van der Waals surface area contributed by atoms with Crippen LogP contribution in [0.25, 0.3) is 0 Å². The number of halogens is 1. The molecular weight excluding hydrogens is 277 g/mol. The van der Waals surface area contributed by atoms with Gasteiger partial charge in [0.2, 0.25) is 0 Å². The van der Waals surface area contributed by atoms with Gasteiger partial charge in [0, 0.05) is 6.54 Å². The van der Waals surface area contributed by atoms with E-state index in [2.05, 4.69) is 0 Å². The summed E-state index contributed by atoms with van der Waals surface area (Å²) in [5.74, 6) is -0.715. The molecule has 0 saturated heterocycles. The molecule has 0 saturated carbocycles. The third-order valence-corrected chi connectivity index (χ3v) is 4.52. The molecule has 20 heavy (non-hydrogen) atoms. The average Bonchev–Trinajstić information content (AvgIpc) is 2.39. The van der Waals surface area contributed by atoms with Gasteiger partial charge in [-0.15, -0.1) is 0 Å². The molecule has 0 spiro atoms. The Bertz CT molecular complexity index is 684. The zero-order chi connectivity index (χ0) is 14.6. The van der Waals surface area contributed by atoms with Crippen molar-refractivity contribution < 1.29 is 12.8 Å².